The topological polar surface area (TPSA) is 129 Å². The van der Waals surface area contributed by atoms with E-state index in [2.05, 4.69) is 15.3 Å². The smallest absolute Gasteiger partial charge is 0.274 e. The fraction of sp³-hybridized carbons (Fsp3) is 0.0500. The molecule has 7 heteroatoms. The highest BCUT2D eigenvalue weighted by atomic mass is 16.1. The Morgan fingerprint density at radius 2 is 1.96 bits per heavy atom. The Morgan fingerprint density at radius 1 is 1.22 bits per heavy atom. The molecule has 0 saturated carbocycles. The summed E-state index contributed by atoms with van der Waals surface area (Å²) >= 11 is 0. The Labute approximate surface area is 156 Å². The molecule has 0 unspecified atom stereocenters. The third-order valence-electron chi connectivity index (χ3n) is 3.97. The molecule has 1 aromatic carbocycles. The van der Waals surface area contributed by atoms with Gasteiger partial charge in [-0.3, -0.25) is 15.2 Å². The third-order valence-corrected chi connectivity index (χ3v) is 3.97. The summed E-state index contributed by atoms with van der Waals surface area (Å²) in [4.78, 5) is 20.5. The maximum Gasteiger partial charge on any atom is 0.274 e. The van der Waals surface area contributed by atoms with E-state index < -0.39 is 5.91 Å². The number of nitrogens with one attached hydrogen (secondary N) is 2. The van der Waals surface area contributed by atoms with Crippen LogP contribution in [-0.2, 0) is 0 Å². The minimum absolute atomic E-state index is 0.233. The van der Waals surface area contributed by atoms with E-state index in [9.17, 15) is 4.79 Å². The predicted molar refractivity (Wildman–Crippen MR) is 103 cm³/mol. The Hall–Kier alpha value is -4.05. The minimum Gasteiger partial charge on any atom is -0.398 e. The van der Waals surface area contributed by atoms with Crippen molar-refractivity contribution in [1.82, 2.24) is 9.97 Å². The lowest BCUT2D eigenvalue weighted by Crippen LogP contribution is -2.16. The van der Waals surface area contributed by atoms with Crippen LogP contribution in [0.1, 0.15) is 32.7 Å². The summed E-state index contributed by atoms with van der Waals surface area (Å²) in [6.07, 6.45) is 4.56. The second-order valence-corrected chi connectivity index (χ2v) is 5.87. The van der Waals surface area contributed by atoms with Gasteiger partial charge in [0.1, 0.15) is 11.8 Å². The zero-order valence-corrected chi connectivity index (χ0v) is 14.5. The number of nitrogen functional groups attached to an aromatic ring is 1. The molecule has 0 fully saturated rings. The maximum atomic E-state index is 12.5. The Bertz CT molecular complexity index is 1070. The number of aromatic nitrogens is 2. The van der Waals surface area contributed by atoms with Gasteiger partial charge < -0.3 is 11.1 Å². The summed E-state index contributed by atoms with van der Waals surface area (Å²) in [6.45, 7) is 1.72. The first-order chi connectivity index (χ1) is 13.0. The van der Waals surface area contributed by atoms with Crippen LogP contribution in [0, 0.1) is 23.7 Å². The van der Waals surface area contributed by atoms with E-state index in [1.54, 1.807) is 55.7 Å². The molecule has 0 aliphatic rings. The molecule has 3 rings (SSSR count). The van der Waals surface area contributed by atoms with Crippen LogP contribution in [0.25, 0.3) is 0 Å². The molecule has 0 aliphatic heterocycles. The van der Waals surface area contributed by atoms with Crippen LogP contribution in [0.2, 0.25) is 0 Å². The zero-order chi connectivity index (χ0) is 19.4. The molecule has 0 radical (unpaired) electrons. The van der Waals surface area contributed by atoms with Gasteiger partial charge in [0.2, 0.25) is 0 Å². The number of rotatable bonds is 4. The number of nitrogens with two attached hydrogens (primary N) is 1. The van der Waals surface area contributed by atoms with Crippen LogP contribution in [0.3, 0.4) is 0 Å². The molecule has 132 valence electrons. The van der Waals surface area contributed by atoms with Gasteiger partial charge in [-0.25, -0.2) is 4.98 Å². The van der Waals surface area contributed by atoms with Crippen LogP contribution in [0.5, 0.6) is 0 Å². The van der Waals surface area contributed by atoms with Crippen molar-refractivity contribution in [3.05, 3.63) is 82.9 Å². The highest BCUT2D eigenvalue weighted by molar-refractivity contribution is 6.14. The van der Waals surface area contributed by atoms with E-state index in [1.807, 2.05) is 6.07 Å². The molecule has 0 aliphatic carbocycles. The maximum absolute atomic E-state index is 12.5. The largest absolute Gasteiger partial charge is 0.398 e. The van der Waals surface area contributed by atoms with E-state index >= 15 is 0 Å². The molecule has 2 heterocycles. The lowest BCUT2D eigenvalue weighted by molar-refractivity contribution is 0.102. The fourth-order valence-corrected chi connectivity index (χ4v) is 2.59. The molecule has 4 N–H and O–H groups in total. The number of pyridine rings is 2. The van der Waals surface area contributed by atoms with Crippen molar-refractivity contribution >= 4 is 23.0 Å². The van der Waals surface area contributed by atoms with E-state index in [0.29, 0.717) is 33.6 Å². The van der Waals surface area contributed by atoms with Crippen molar-refractivity contribution < 1.29 is 4.79 Å². The van der Waals surface area contributed by atoms with Crippen molar-refractivity contribution in [2.45, 2.75) is 6.92 Å². The fourth-order valence-electron chi connectivity index (χ4n) is 2.59. The lowest BCUT2D eigenvalue weighted by atomic mass is 10.0. The average Bonchev–Trinajstić information content (AvgIpc) is 2.69. The standard InChI is InChI=1S/C20H16N6O/c1-12-8-13(10-21)11-25-19(12)20(27)26-15-2-3-17(22)16(9-15)18(23)14-4-6-24-7-5-14/h2-9,11,23H,22H2,1H3,(H,26,27). The van der Waals surface area contributed by atoms with E-state index in [0.717, 1.165) is 0 Å². The summed E-state index contributed by atoms with van der Waals surface area (Å²) in [5, 5.41) is 20.0. The van der Waals surface area contributed by atoms with Gasteiger partial charge in [-0.1, -0.05) is 0 Å². The normalized spacial score (nSPS) is 10.1. The molecular formula is C20H16N6O. The van der Waals surface area contributed by atoms with Gasteiger partial charge >= 0.3 is 0 Å². The first kappa shape index (κ1) is 17.8. The van der Waals surface area contributed by atoms with E-state index in [4.69, 9.17) is 16.4 Å². The summed E-state index contributed by atoms with van der Waals surface area (Å²) in [5.41, 5.74) is 9.58. The van der Waals surface area contributed by atoms with Crippen molar-refractivity contribution in [1.29, 1.82) is 10.7 Å². The number of benzene rings is 1. The summed E-state index contributed by atoms with van der Waals surface area (Å²) in [7, 11) is 0. The molecule has 3 aromatic rings. The SMILES string of the molecule is Cc1cc(C#N)cnc1C(=O)Nc1ccc(N)c(C(=N)c2ccncc2)c1. The Kier molecular flexibility index (Phi) is 4.90. The van der Waals surface area contributed by atoms with Crippen molar-refractivity contribution in [3.63, 3.8) is 0 Å². The van der Waals surface area contributed by atoms with Gasteiger partial charge in [-0.15, -0.1) is 0 Å². The molecule has 2 aromatic heterocycles. The van der Waals surface area contributed by atoms with Gasteiger partial charge in [0.15, 0.2) is 0 Å². The van der Waals surface area contributed by atoms with Crippen LogP contribution in [0.15, 0.2) is 55.0 Å². The molecule has 27 heavy (non-hydrogen) atoms. The van der Waals surface area contributed by atoms with Crippen LogP contribution >= 0.6 is 0 Å². The quantitative estimate of drug-likeness (QED) is 0.489. The van der Waals surface area contributed by atoms with Crippen molar-refractivity contribution in [2.24, 2.45) is 0 Å². The minimum atomic E-state index is -0.400. The van der Waals surface area contributed by atoms with E-state index in [-0.39, 0.29) is 11.4 Å². The van der Waals surface area contributed by atoms with Crippen LogP contribution < -0.4 is 11.1 Å². The number of nitriles is 1. The van der Waals surface area contributed by atoms with Gasteiger partial charge in [-0.05, 0) is 48.9 Å². The van der Waals surface area contributed by atoms with Gasteiger partial charge in [-0.2, -0.15) is 5.26 Å². The number of carbonyl (C=O) groups is 1. The molecular weight excluding hydrogens is 340 g/mol. The van der Waals surface area contributed by atoms with E-state index in [1.165, 1.54) is 6.20 Å². The van der Waals surface area contributed by atoms with Gasteiger partial charge in [0.25, 0.3) is 5.91 Å². The number of nitrogens with zero attached hydrogens (tertiary/aromatic N) is 3. The summed E-state index contributed by atoms with van der Waals surface area (Å²) in [5.74, 6) is -0.400. The van der Waals surface area contributed by atoms with Gasteiger partial charge in [0.05, 0.1) is 11.3 Å². The zero-order valence-electron chi connectivity index (χ0n) is 14.5. The average molecular weight is 356 g/mol. The Balaban J connectivity index is 1.87. The van der Waals surface area contributed by atoms with Crippen molar-refractivity contribution in [2.75, 3.05) is 11.1 Å². The first-order valence-electron chi connectivity index (χ1n) is 8.06. The molecule has 1 amide bonds. The predicted octanol–water partition coefficient (Wildman–Crippen LogP) is 2.91. The molecule has 0 spiro atoms. The van der Waals surface area contributed by atoms with Crippen LogP contribution in [-0.4, -0.2) is 21.6 Å². The van der Waals surface area contributed by atoms with Crippen LogP contribution in [0.4, 0.5) is 11.4 Å². The third kappa shape index (κ3) is 3.80. The second-order valence-electron chi connectivity index (χ2n) is 5.87. The molecule has 0 bridgehead atoms. The van der Waals surface area contributed by atoms with Gasteiger partial charge in [0, 0.05) is 41.1 Å². The summed E-state index contributed by atoms with van der Waals surface area (Å²) < 4.78 is 0. The molecule has 0 saturated heterocycles. The molecule has 7 nitrogen and oxygen atoms in total. The van der Waals surface area contributed by atoms with Crippen molar-refractivity contribution in [3.8, 4) is 6.07 Å². The lowest BCUT2D eigenvalue weighted by Gasteiger charge is -2.12. The number of anilines is 2. The highest BCUT2D eigenvalue weighted by Crippen LogP contribution is 2.22. The number of aryl methyl sites for hydroxylation is 1. The highest BCUT2D eigenvalue weighted by Gasteiger charge is 2.14. The summed E-state index contributed by atoms with van der Waals surface area (Å²) in [6, 6.07) is 12.0. The number of hydrogen-bond acceptors (Lipinski definition) is 6. The Morgan fingerprint density at radius 3 is 2.63 bits per heavy atom. The second kappa shape index (κ2) is 7.45. The number of hydrogen-bond donors (Lipinski definition) is 3. The monoisotopic (exact) mass is 356 g/mol. The number of amides is 1. The molecule has 0 atom stereocenters. The first-order valence-corrected chi connectivity index (χ1v) is 8.06. The number of carbonyl (C=O) groups excluding carboxylic acids is 1.